The number of benzene rings is 1. The van der Waals surface area contributed by atoms with Crippen molar-refractivity contribution in [1.29, 1.82) is 0 Å². The van der Waals surface area contributed by atoms with Crippen LogP contribution < -0.4 is 5.73 Å². The number of thioether (sulfide) groups is 1. The van der Waals surface area contributed by atoms with E-state index >= 15 is 0 Å². The predicted molar refractivity (Wildman–Crippen MR) is 94.2 cm³/mol. The van der Waals surface area contributed by atoms with Crippen molar-refractivity contribution < 1.29 is 9.59 Å². The van der Waals surface area contributed by atoms with Crippen LogP contribution in [0.1, 0.15) is 17.5 Å². The van der Waals surface area contributed by atoms with E-state index in [4.69, 9.17) is 17.3 Å². The highest BCUT2D eigenvalue weighted by Gasteiger charge is 2.33. The van der Waals surface area contributed by atoms with Crippen LogP contribution in [0.15, 0.2) is 27.6 Å². The Bertz CT molecular complexity index is 838. The Hall–Kier alpha value is -1.97. The number of nitrogens with zero attached hydrogens (tertiary/aromatic N) is 4. The third-order valence-electron chi connectivity index (χ3n) is 3.36. The normalized spacial score (nSPS) is 17.8. The van der Waals surface area contributed by atoms with E-state index < -0.39 is 11.2 Å². The topological polar surface area (TPSA) is 102 Å². The molecule has 124 valence electrons. The van der Waals surface area contributed by atoms with Gasteiger partial charge in [0, 0.05) is 11.4 Å². The zero-order valence-corrected chi connectivity index (χ0v) is 14.9. The van der Waals surface area contributed by atoms with E-state index in [2.05, 4.69) is 15.3 Å². The maximum atomic E-state index is 12.3. The van der Waals surface area contributed by atoms with E-state index in [-0.39, 0.29) is 0 Å². The van der Waals surface area contributed by atoms with Crippen molar-refractivity contribution in [1.82, 2.24) is 15.2 Å². The Morgan fingerprint density at radius 1 is 1.46 bits per heavy atom. The van der Waals surface area contributed by atoms with E-state index in [0.717, 1.165) is 16.1 Å². The molecule has 2 heterocycles. The van der Waals surface area contributed by atoms with Gasteiger partial charge >= 0.3 is 0 Å². The van der Waals surface area contributed by atoms with Gasteiger partial charge in [-0.25, -0.2) is 0 Å². The smallest absolute Gasteiger partial charge is 0.263 e. The maximum Gasteiger partial charge on any atom is 0.263 e. The third kappa shape index (κ3) is 3.42. The van der Waals surface area contributed by atoms with Crippen molar-refractivity contribution in [2.75, 3.05) is 5.73 Å². The van der Waals surface area contributed by atoms with Crippen LogP contribution in [0.25, 0.3) is 0 Å². The molecule has 2 N–H and O–H groups in total. The number of nitrogens with two attached hydrogens (primary N) is 1. The molecule has 2 aromatic rings. The van der Waals surface area contributed by atoms with Gasteiger partial charge in [0.05, 0.1) is 11.0 Å². The molecule has 3 rings (SSSR count). The quantitative estimate of drug-likeness (QED) is 0.815. The monoisotopic (exact) mass is 381 g/mol. The van der Waals surface area contributed by atoms with E-state index in [9.17, 15) is 9.59 Å². The fraction of sp³-hybridized carbons (Fsp3) is 0.214. The van der Waals surface area contributed by atoms with Crippen LogP contribution in [0, 0.1) is 6.92 Å². The fourth-order valence-corrected chi connectivity index (χ4v) is 4.23. The second-order valence-electron chi connectivity index (χ2n) is 5.02. The second-order valence-corrected chi connectivity index (χ2v) is 7.88. The lowest BCUT2D eigenvalue weighted by Gasteiger charge is -2.25. The van der Waals surface area contributed by atoms with Crippen molar-refractivity contribution in [3.8, 4) is 0 Å². The standard InChI is InChI=1S/C14H12ClN5O2S2/c1-7-4-8(2-3-9(7)15)10-5-11(12(22)20(6-21)19-10)23-14-18-17-13(16)24-14/h2-4,6,11H,5H2,1H3,(H2,16,17). The van der Waals surface area contributed by atoms with Crippen LogP contribution in [0.4, 0.5) is 5.13 Å². The van der Waals surface area contributed by atoms with Gasteiger partial charge in [-0.3, -0.25) is 9.59 Å². The van der Waals surface area contributed by atoms with Crippen molar-refractivity contribution in [3.05, 3.63) is 34.3 Å². The van der Waals surface area contributed by atoms with Gasteiger partial charge < -0.3 is 5.73 Å². The molecule has 0 aliphatic carbocycles. The minimum Gasteiger partial charge on any atom is -0.374 e. The molecule has 0 saturated heterocycles. The summed E-state index contributed by atoms with van der Waals surface area (Å²) in [5.41, 5.74) is 7.91. The largest absolute Gasteiger partial charge is 0.374 e. The summed E-state index contributed by atoms with van der Waals surface area (Å²) in [5, 5.41) is 13.1. The molecule has 1 aliphatic heterocycles. The summed E-state index contributed by atoms with van der Waals surface area (Å²) in [5.74, 6) is -0.391. The number of carbonyl (C=O) groups is 2. The van der Waals surface area contributed by atoms with Crippen molar-refractivity contribution in [2.24, 2.45) is 5.10 Å². The average molecular weight is 382 g/mol. The lowest BCUT2D eigenvalue weighted by molar-refractivity contribution is -0.138. The number of imide groups is 1. The van der Waals surface area contributed by atoms with Gasteiger partial charge in [-0.15, -0.1) is 10.2 Å². The van der Waals surface area contributed by atoms with Gasteiger partial charge in [-0.1, -0.05) is 40.8 Å². The van der Waals surface area contributed by atoms with Crippen LogP contribution >= 0.6 is 34.7 Å². The summed E-state index contributed by atoms with van der Waals surface area (Å²) in [6.07, 6.45) is 0.778. The first-order valence-corrected chi connectivity index (χ1v) is 8.93. The molecule has 0 spiro atoms. The summed E-state index contributed by atoms with van der Waals surface area (Å²) in [6.45, 7) is 1.88. The Kier molecular flexibility index (Phi) is 4.83. The van der Waals surface area contributed by atoms with Crippen LogP contribution in [0.3, 0.4) is 0 Å². The Labute approximate surface area is 150 Å². The molecule has 1 aromatic heterocycles. The van der Waals surface area contributed by atoms with Gasteiger partial charge in [0.25, 0.3) is 5.91 Å². The Balaban J connectivity index is 1.90. The van der Waals surface area contributed by atoms with Crippen LogP contribution in [-0.4, -0.2) is 38.5 Å². The summed E-state index contributed by atoms with van der Waals surface area (Å²) >= 11 is 8.47. The molecule has 7 nitrogen and oxygen atoms in total. The molecular formula is C14H12ClN5O2S2. The third-order valence-corrected chi connectivity index (χ3v) is 5.81. The van der Waals surface area contributed by atoms with Crippen LogP contribution in [-0.2, 0) is 9.59 Å². The van der Waals surface area contributed by atoms with E-state index in [1.54, 1.807) is 6.07 Å². The lowest BCUT2D eigenvalue weighted by Crippen LogP contribution is -2.39. The number of hydrogen-bond acceptors (Lipinski definition) is 8. The number of amides is 2. The molecule has 0 fully saturated rings. The lowest BCUT2D eigenvalue weighted by atomic mass is 10.0. The molecule has 0 saturated carbocycles. The van der Waals surface area contributed by atoms with Crippen molar-refractivity contribution in [3.63, 3.8) is 0 Å². The molecular weight excluding hydrogens is 370 g/mol. The van der Waals surface area contributed by atoms with E-state index in [1.165, 1.54) is 23.1 Å². The zero-order valence-electron chi connectivity index (χ0n) is 12.5. The average Bonchev–Trinajstić information content (AvgIpc) is 2.97. The second kappa shape index (κ2) is 6.88. The number of nitrogen functional groups attached to an aromatic ring is 1. The number of carbonyl (C=O) groups excluding carboxylic acids is 2. The molecule has 1 unspecified atom stereocenters. The number of anilines is 1. The minimum atomic E-state index is -0.522. The number of rotatable bonds is 4. The Morgan fingerprint density at radius 2 is 2.25 bits per heavy atom. The van der Waals surface area contributed by atoms with E-state index in [0.29, 0.717) is 33.0 Å². The number of hydrazone groups is 1. The summed E-state index contributed by atoms with van der Waals surface area (Å²) in [7, 11) is 0. The van der Waals surface area contributed by atoms with Crippen LogP contribution in [0.2, 0.25) is 5.02 Å². The number of aryl methyl sites for hydroxylation is 1. The van der Waals surface area contributed by atoms with E-state index in [1.807, 2.05) is 19.1 Å². The van der Waals surface area contributed by atoms with Gasteiger partial charge in [0.2, 0.25) is 11.5 Å². The summed E-state index contributed by atoms with van der Waals surface area (Å²) in [6, 6.07) is 5.46. The van der Waals surface area contributed by atoms with Gasteiger partial charge in [-0.2, -0.15) is 10.1 Å². The van der Waals surface area contributed by atoms with Crippen molar-refractivity contribution in [2.45, 2.75) is 22.9 Å². The SMILES string of the molecule is Cc1cc(C2=NN(C=O)C(=O)C(Sc3nnc(N)s3)C2)ccc1Cl. The molecule has 1 atom stereocenters. The summed E-state index contributed by atoms with van der Waals surface area (Å²) < 4.78 is 0.574. The van der Waals surface area contributed by atoms with Crippen LogP contribution in [0.5, 0.6) is 0 Å². The fourth-order valence-electron chi connectivity index (χ4n) is 2.19. The molecule has 0 radical (unpaired) electrons. The molecule has 1 aromatic carbocycles. The maximum absolute atomic E-state index is 12.3. The first kappa shape index (κ1) is 16.9. The molecule has 10 heteroatoms. The number of aromatic nitrogens is 2. The molecule has 1 aliphatic rings. The van der Waals surface area contributed by atoms with Gasteiger partial charge in [-0.05, 0) is 30.2 Å². The van der Waals surface area contributed by atoms with Gasteiger partial charge in [0.15, 0.2) is 4.34 Å². The molecule has 0 bridgehead atoms. The zero-order chi connectivity index (χ0) is 17.3. The predicted octanol–water partition coefficient (Wildman–Crippen LogP) is 2.34. The highest BCUT2D eigenvalue weighted by molar-refractivity contribution is 8.02. The highest BCUT2D eigenvalue weighted by Crippen LogP contribution is 2.33. The molecule has 24 heavy (non-hydrogen) atoms. The van der Waals surface area contributed by atoms with Gasteiger partial charge in [0.1, 0.15) is 0 Å². The summed E-state index contributed by atoms with van der Waals surface area (Å²) in [4.78, 5) is 23.5. The number of hydrogen-bond donors (Lipinski definition) is 1. The Morgan fingerprint density at radius 3 is 2.88 bits per heavy atom. The highest BCUT2D eigenvalue weighted by atomic mass is 35.5. The molecule has 2 amide bonds. The first-order valence-electron chi connectivity index (χ1n) is 6.86. The van der Waals surface area contributed by atoms with Crippen molar-refractivity contribution >= 4 is 57.9 Å². The minimum absolute atomic E-state index is 0.329. The first-order chi connectivity index (χ1) is 11.5. The number of halogens is 1.